The molecule has 3 N–H and O–H groups in total. The highest BCUT2D eigenvalue weighted by Gasteiger charge is 2.24. The predicted molar refractivity (Wildman–Crippen MR) is 149 cm³/mol. The molecule has 1 aromatic heterocycles. The number of thioether (sulfide) groups is 1. The average Bonchev–Trinajstić information content (AvgIpc) is 3.24. The molecule has 1 aliphatic carbocycles. The van der Waals surface area contributed by atoms with Crippen LogP contribution in [0.1, 0.15) is 22.4 Å². The number of fused-ring (bicyclic) bond motifs is 3. The van der Waals surface area contributed by atoms with Crippen molar-refractivity contribution >= 4 is 41.9 Å². The molecule has 1 heterocycles. The normalized spacial score (nSPS) is 11.0. The molecule has 1 aliphatic rings. The summed E-state index contributed by atoms with van der Waals surface area (Å²) in [4.78, 5) is 20.6. The zero-order valence-corrected chi connectivity index (χ0v) is 22.1. The molecule has 3 aromatic carbocycles. The van der Waals surface area contributed by atoms with Gasteiger partial charge in [-0.1, -0.05) is 35.9 Å². The smallest absolute Gasteiger partial charge is 0.211 e. The fourth-order valence-corrected chi connectivity index (χ4v) is 4.57. The van der Waals surface area contributed by atoms with Crippen LogP contribution in [0.5, 0.6) is 0 Å². The first-order valence-corrected chi connectivity index (χ1v) is 13.0. The van der Waals surface area contributed by atoms with E-state index >= 15 is 0 Å². The van der Waals surface area contributed by atoms with Gasteiger partial charge in [0, 0.05) is 26.7 Å². The minimum absolute atomic E-state index is 0.250. The fraction of sp³-hybridized carbons (Fsp3) is 0.179. The van der Waals surface area contributed by atoms with Crippen LogP contribution in [0.25, 0.3) is 16.9 Å². The molecule has 0 saturated heterocycles. The Hall–Kier alpha value is -3.55. The molecule has 0 aliphatic heterocycles. The first kappa shape index (κ1) is 27.0. The number of aromatic nitrogens is 2. The van der Waals surface area contributed by atoms with Crippen LogP contribution in [-0.2, 0) is 22.4 Å². The molecule has 2 amide bonds. The molecule has 186 valence electrons. The average molecular weight is 521 g/mol. The van der Waals surface area contributed by atoms with Gasteiger partial charge in [-0.25, -0.2) is 4.68 Å². The number of carbonyl (C=O) groups excluding carboxylic acids is 2. The van der Waals surface area contributed by atoms with E-state index in [0.29, 0.717) is 0 Å². The third-order valence-corrected chi connectivity index (χ3v) is 6.98. The number of primary amides is 1. The van der Waals surface area contributed by atoms with E-state index in [0.717, 1.165) is 58.2 Å². The van der Waals surface area contributed by atoms with Gasteiger partial charge in [-0.15, -0.1) is 11.8 Å². The SMILES string of the molecule is CSc1ccc(-n2nc(C)c3c2-c2cc(NC=O)ccc2CC3)cc1.Cc1ccccc1Cl.NC=O. The number of amides is 2. The van der Waals surface area contributed by atoms with Crippen LogP contribution in [0, 0.1) is 13.8 Å². The lowest BCUT2D eigenvalue weighted by atomic mass is 9.88. The number of rotatable bonds is 4. The fourth-order valence-electron chi connectivity index (χ4n) is 4.03. The number of halogens is 1. The second kappa shape index (κ2) is 13.0. The molecular weight excluding hydrogens is 492 g/mol. The van der Waals surface area contributed by atoms with Gasteiger partial charge in [-0.2, -0.15) is 5.10 Å². The third kappa shape index (κ3) is 6.36. The van der Waals surface area contributed by atoms with Gasteiger partial charge in [-0.05, 0) is 86.5 Å². The van der Waals surface area contributed by atoms with E-state index in [1.165, 1.54) is 16.0 Å². The van der Waals surface area contributed by atoms with Crippen molar-refractivity contribution in [3.8, 4) is 16.9 Å². The highest BCUT2D eigenvalue weighted by Crippen LogP contribution is 2.38. The van der Waals surface area contributed by atoms with Crippen molar-refractivity contribution in [2.75, 3.05) is 11.6 Å². The molecule has 5 rings (SSSR count). The van der Waals surface area contributed by atoms with E-state index in [1.807, 2.05) is 41.9 Å². The van der Waals surface area contributed by atoms with Gasteiger partial charge in [-0.3, -0.25) is 9.59 Å². The van der Waals surface area contributed by atoms with Crippen LogP contribution in [-0.4, -0.2) is 28.9 Å². The van der Waals surface area contributed by atoms with E-state index in [9.17, 15) is 4.79 Å². The van der Waals surface area contributed by atoms with E-state index in [4.69, 9.17) is 21.5 Å². The summed E-state index contributed by atoms with van der Waals surface area (Å²) in [6.07, 6.45) is 5.04. The number of anilines is 1. The molecule has 0 unspecified atom stereocenters. The summed E-state index contributed by atoms with van der Waals surface area (Å²) in [7, 11) is 0. The lowest BCUT2D eigenvalue weighted by Gasteiger charge is -2.20. The monoisotopic (exact) mass is 520 g/mol. The number of nitrogens with zero attached hydrogens (tertiary/aromatic N) is 2. The second-order valence-corrected chi connectivity index (χ2v) is 9.33. The Kier molecular flexibility index (Phi) is 9.73. The molecule has 0 saturated carbocycles. The zero-order chi connectivity index (χ0) is 26.1. The van der Waals surface area contributed by atoms with Gasteiger partial charge < -0.3 is 11.1 Å². The Balaban J connectivity index is 0.000000275. The highest BCUT2D eigenvalue weighted by atomic mass is 35.5. The quantitative estimate of drug-likeness (QED) is 0.255. The lowest BCUT2D eigenvalue weighted by molar-refractivity contribution is -0.107. The minimum atomic E-state index is 0.250. The molecular formula is C28H29ClN4O2S. The van der Waals surface area contributed by atoms with Gasteiger partial charge in [0.1, 0.15) is 0 Å². The van der Waals surface area contributed by atoms with E-state index in [-0.39, 0.29) is 6.41 Å². The summed E-state index contributed by atoms with van der Waals surface area (Å²) in [6, 6.07) is 22.4. The Morgan fingerprint density at radius 2 is 1.72 bits per heavy atom. The van der Waals surface area contributed by atoms with Crippen LogP contribution in [0.2, 0.25) is 5.02 Å². The second-order valence-electron chi connectivity index (χ2n) is 8.04. The van der Waals surface area contributed by atoms with E-state index < -0.39 is 0 Å². The summed E-state index contributed by atoms with van der Waals surface area (Å²) in [5.74, 6) is 0. The number of hydrogen-bond acceptors (Lipinski definition) is 4. The Labute approximate surface area is 220 Å². The maximum Gasteiger partial charge on any atom is 0.211 e. The molecule has 0 radical (unpaired) electrons. The molecule has 8 heteroatoms. The van der Waals surface area contributed by atoms with E-state index in [2.05, 4.69) is 60.6 Å². The maximum absolute atomic E-state index is 10.8. The number of hydrogen-bond donors (Lipinski definition) is 2. The first-order valence-electron chi connectivity index (χ1n) is 11.4. The molecule has 36 heavy (non-hydrogen) atoms. The number of aryl methyl sites for hydroxylation is 3. The number of benzene rings is 3. The van der Waals surface area contributed by atoms with Gasteiger partial charge in [0.25, 0.3) is 0 Å². The molecule has 6 nitrogen and oxygen atoms in total. The summed E-state index contributed by atoms with van der Waals surface area (Å²) in [6.45, 7) is 4.06. The zero-order valence-electron chi connectivity index (χ0n) is 20.5. The van der Waals surface area contributed by atoms with Crippen LogP contribution in [0.3, 0.4) is 0 Å². The van der Waals surface area contributed by atoms with Crippen molar-refractivity contribution in [3.05, 3.63) is 94.1 Å². The van der Waals surface area contributed by atoms with Gasteiger partial charge >= 0.3 is 0 Å². The topological polar surface area (TPSA) is 90.0 Å². The third-order valence-electron chi connectivity index (χ3n) is 5.81. The molecule has 4 aromatic rings. The summed E-state index contributed by atoms with van der Waals surface area (Å²) in [5, 5.41) is 8.41. The molecule has 0 bridgehead atoms. The number of carbonyl (C=O) groups is 2. The van der Waals surface area contributed by atoms with Crippen molar-refractivity contribution in [2.45, 2.75) is 31.6 Å². The van der Waals surface area contributed by atoms with Crippen LogP contribution in [0.4, 0.5) is 5.69 Å². The number of nitrogens with two attached hydrogens (primary N) is 1. The summed E-state index contributed by atoms with van der Waals surface area (Å²) < 4.78 is 2.04. The maximum atomic E-state index is 10.8. The number of nitrogens with one attached hydrogen (secondary N) is 1. The summed E-state index contributed by atoms with van der Waals surface area (Å²) >= 11 is 7.44. The van der Waals surface area contributed by atoms with Crippen molar-refractivity contribution in [2.24, 2.45) is 5.73 Å². The van der Waals surface area contributed by atoms with Gasteiger partial charge in [0.05, 0.1) is 17.1 Å². The minimum Gasteiger partial charge on any atom is -0.372 e. The van der Waals surface area contributed by atoms with Crippen LogP contribution >= 0.6 is 23.4 Å². The standard InChI is InChI=1S/C20H19N3OS.C7H7Cl.CH3NO/c1-13-18-10-4-14-3-5-15(21-12-24)11-19(14)20(18)23(22-13)16-6-8-17(25-2)9-7-16;1-6-4-2-3-5-7(6)8;2-1-3/h3,5-9,11-12H,4,10H2,1-2H3,(H,21,24);2-5H,1H3;1H,(H2,2,3). The molecule has 0 atom stereocenters. The van der Waals surface area contributed by atoms with E-state index in [1.54, 1.807) is 11.8 Å². The highest BCUT2D eigenvalue weighted by molar-refractivity contribution is 7.98. The Morgan fingerprint density at radius 3 is 2.31 bits per heavy atom. The van der Waals surface area contributed by atoms with Crippen molar-refractivity contribution < 1.29 is 9.59 Å². The lowest BCUT2D eigenvalue weighted by Crippen LogP contribution is -2.08. The van der Waals surface area contributed by atoms with Crippen LogP contribution in [0.15, 0.2) is 71.6 Å². The summed E-state index contributed by atoms with van der Waals surface area (Å²) in [5.41, 5.74) is 13.1. The van der Waals surface area contributed by atoms with Crippen molar-refractivity contribution in [3.63, 3.8) is 0 Å². The Bertz CT molecular complexity index is 1320. The molecule has 0 spiro atoms. The van der Waals surface area contributed by atoms with Crippen molar-refractivity contribution in [1.82, 2.24) is 9.78 Å². The van der Waals surface area contributed by atoms with Gasteiger partial charge in [0.2, 0.25) is 12.8 Å². The predicted octanol–water partition coefficient (Wildman–Crippen LogP) is 5.99. The Morgan fingerprint density at radius 1 is 1.03 bits per heavy atom. The first-order chi connectivity index (χ1) is 17.4. The largest absolute Gasteiger partial charge is 0.372 e. The molecule has 0 fully saturated rings. The van der Waals surface area contributed by atoms with Crippen molar-refractivity contribution in [1.29, 1.82) is 0 Å². The van der Waals surface area contributed by atoms with Crippen LogP contribution < -0.4 is 11.1 Å². The van der Waals surface area contributed by atoms with Gasteiger partial charge in [0.15, 0.2) is 0 Å².